The number of ether oxygens (including phenoxy) is 1. The highest BCUT2D eigenvalue weighted by Gasteiger charge is 2.08. The lowest BCUT2D eigenvalue weighted by atomic mass is 10.2. The van der Waals surface area contributed by atoms with E-state index in [1.807, 2.05) is 109 Å². The van der Waals surface area contributed by atoms with Crippen LogP contribution < -0.4 is 20.8 Å². The maximum atomic E-state index is 6.23. The molecule has 0 aliphatic carbocycles. The van der Waals surface area contributed by atoms with E-state index in [4.69, 9.17) is 16.3 Å². The molecular formula is C29H24ClN7O. The van der Waals surface area contributed by atoms with Gasteiger partial charge in [-0.25, -0.2) is 5.43 Å². The van der Waals surface area contributed by atoms with Crippen LogP contribution in [0.1, 0.15) is 11.1 Å². The van der Waals surface area contributed by atoms with Crippen LogP contribution in [0.2, 0.25) is 5.02 Å². The van der Waals surface area contributed by atoms with Crippen LogP contribution in [0, 0.1) is 0 Å². The van der Waals surface area contributed by atoms with E-state index in [9.17, 15) is 0 Å². The van der Waals surface area contributed by atoms with Gasteiger partial charge in [-0.05, 0) is 48.0 Å². The monoisotopic (exact) mass is 521 g/mol. The van der Waals surface area contributed by atoms with Crippen molar-refractivity contribution in [3.63, 3.8) is 0 Å². The van der Waals surface area contributed by atoms with Crippen LogP contribution >= 0.6 is 11.6 Å². The van der Waals surface area contributed by atoms with Gasteiger partial charge in [0.25, 0.3) is 0 Å². The van der Waals surface area contributed by atoms with Crippen LogP contribution in [0.5, 0.6) is 5.75 Å². The number of rotatable bonds is 10. The van der Waals surface area contributed by atoms with E-state index in [-0.39, 0.29) is 5.95 Å². The number of benzene rings is 4. The van der Waals surface area contributed by atoms with Crippen molar-refractivity contribution < 1.29 is 4.74 Å². The SMILES string of the molecule is Clc1ccccc1COc1cccc(C=NNc2nc(Nc3ccccc3)nc(Nc3ccccc3)n2)c1. The van der Waals surface area contributed by atoms with Crippen molar-refractivity contribution in [1.29, 1.82) is 0 Å². The Morgan fingerprint density at radius 2 is 1.29 bits per heavy atom. The van der Waals surface area contributed by atoms with Crippen molar-refractivity contribution in [2.24, 2.45) is 5.10 Å². The van der Waals surface area contributed by atoms with Gasteiger partial charge in [-0.3, -0.25) is 0 Å². The lowest BCUT2D eigenvalue weighted by molar-refractivity contribution is 0.306. The first-order valence-electron chi connectivity index (χ1n) is 11.9. The van der Waals surface area contributed by atoms with Gasteiger partial charge in [0.2, 0.25) is 17.8 Å². The second kappa shape index (κ2) is 12.3. The molecule has 0 saturated heterocycles. The third-order valence-electron chi connectivity index (χ3n) is 5.28. The molecule has 5 rings (SSSR count). The summed E-state index contributed by atoms with van der Waals surface area (Å²) in [6, 6.07) is 34.5. The standard InChI is InChI=1S/C29H24ClN7O/c30-26-17-8-7-11-22(26)20-38-25-16-9-10-21(18-25)19-31-37-29-35-27(32-23-12-3-1-4-13-23)34-28(36-29)33-24-14-5-2-6-15-24/h1-19H,20H2,(H3,32,33,34,35,36,37). The number of nitrogens with zero attached hydrogens (tertiary/aromatic N) is 4. The van der Waals surface area contributed by atoms with Gasteiger partial charge in [0.05, 0.1) is 6.21 Å². The Labute approximate surface area is 225 Å². The zero-order valence-electron chi connectivity index (χ0n) is 20.3. The van der Waals surface area contributed by atoms with E-state index in [0.717, 1.165) is 22.5 Å². The van der Waals surface area contributed by atoms with Crippen LogP contribution in [-0.4, -0.2) is 21.2 Å². The number of aromatic nitrogens is 3. The summed E-state index contributed by atoms with van der Waals surface area (Å²) in [6.07, 6.45) is 1.67. The van der Waals surface area contributed by atoms with Crippen molar-refractivity contribution >= 4 is 47.0 Å². The van der Waals surface area contributed by atoms with E-state index in [0.29, 0.717) is 29.3 Å². The number of anilines is 5. The molecule has 9 heteroatoms. The molecule has 0 amide bonds. The van der Waals surface area contributed by atoms with Crippen LogP contribution in [0.4, 0.5) is 29.2 Å². The Balaban J connectivity index is 1.29. The Morgan fingerprint density at radius 1 is 0.684 bits per heavy atom. The van der Waals surface area contributed by atoms with Crippen molar-refractivity contribution in [2.75, 3.05) is 16.1 Å². The highest BCUT2D eigenvalue weighted by molar-refractivity contribution is 6.31. The minimum absolute atomic E-state index is 0.277. The minimum atomic E-state index is 0.277. The molecule has 1 heterocycles. The van der Waals surface area contributed by atoms with Gasteiger partial charge in [-0.15, -0.1) is 0 Å². The van der Waals surface area contributed by atoms with Gasteiger partial charge in [0.15, 0.2) is 0 Å². The molecular weight excluding hydrogens is 498 g/mol. The fraction of sp³-hybridized carbons (Fsp3) is 0.0345. The van der Waals surface area contributed by atoms with Crippen LogP contribution in [-0.2, 0) is 6.61 Å². The molecule has 1 aromatic heterocycles. The summed E-state index contributed by atoms with van der Waals surface area (Å²) < 4.78 is 5.91. The summed E-state index contributed by atoms with van der Waals surface area (Å²) in [5.41, 5.74) is 6.37. The van der Waals surface area contributed by atoms with E-state index in [1.165, 1.54) is 0 Å². The lowest BCUT2D eigenvalue weighted by Gasteiger charge is -2.10. The molecule has 0 bridgehead atoms. The van der Waals surface area contributed by atoms with Crippen molar-refractivity contribution in [1.82, 2.24) is 15.0 Å². The highest BCUT2D eigenvalue weighted by Crippen LogP contribution is 2.20. The zero-order chi connectivity index (χ0) is 26.0. The summed E-state index contributed by atoms with van der Waals surface area (Å²) in [6.45, 7) is 0.373. The Bertz CT molecular complexity index is 1450. The third kappa shape index (κ3) is 7.05. The summed E-state index contributed by atoms with van der Waals surface area (Å²) in [5.74, 6) is 1.73. The lowest BCUT2D eigenvalue weighted by Crippen LogP contribution is -2.07. The number of nitrogens with one attached hydrogen (secondary N) is 3. The minimum Gasteiger partial charge on any atom is -0.489 e. The molecule has 0 aliphatic rings. The molecule has 3 N–H and O–H groups in total. The molecule has 0 atom stereocenters. The third-order valence-corrected chi connectivity index (χ3v) is 5.65. The molecule has 188 valence electrons. The fourth-order valence-electron chi connectivity index (χ4n) is 3.46. The first-order chi connectivity index (χ1) is 18.7. The molecule has 8 nitrogen and oxygen atoms in total. The second-order valence-corrected chi connectivity index (χ2v) is 8.52. The highest BCUT2D eigenvalue weighted by atomic mass is 35.5. The summed E-state index contributed by atoms with van der Waals surface area (Å²) in [4.78, 5) is 13.4. The predicted octanol–water partition coefficient (Wildman–Crippen LogP) is 7.04. The first-order valence-corrected chi connectivity index (χ1v) is 12.2. The quantitative estimate of drug-likeness (QED) is 0.134. The average Bonchev–Trinajstić information content (AvgIpc) is 2.94. The zero-order valence-corrected chi connectivity index (χ0v) is 21.0. The number of hydrogen-bond acceptors (Lipinski definition) is 8. The van der Waals surface area contributed by atoms with E-state index in [1.54, 1.807) is 6.21 Å². The van der Waals surface area contributed by atoms with Gasteiger partial charge < -0.3 is 15.4 Å². The molecule has 0 spiro atoms. The van der Waals surface area contributed by atoms with Gasteiger partial charge in [0, 0.05) is 22.0 Å². The molecule has 5 aromatic rings. The summed E-state index contributed by atoms with van der Waals surface area (Å²) in [5, 5.41) is 11.4. The number of para-hydroxylation sites is 2. The Kier molecular flexibility index (Phi) is 8.03. The first kappa shape index (κ1) is 24.7. The van der Waals surface area contributed by atoms with Gasteiger partial charge >= 0.3 is 0 Å². The summed E-state index contributed by atoms with van der Waals surface area (Å²) in [7, 11) is 0. The summed E-state index contributed by atoms with van der Waals surface area (Å²) >= 11 is 6.23. The second-order valence-electron chi connectivity index (χ2n) is 8.11. The molecule has 0 unspecified atom stereocenters. The molecule has 0 aliphatic heterocycles. The van der Waals surface area contributed by atoms with Crippen LogP contribution in [0.15, 0.2) is 114 Å². The van der Waals surface area contributed by atoms with Crippen LogP contribution in [0.3, 0.4) is 0 Å². The van der Waals surface area contributed by atoms with Crippen molar-refractivity contribution in [3.05, 3.63) is 125 Å². The van der Waals surface area contributed by atoms with Gasteiger partial charge in [-0.1, -0.05) is 78.3 Å². The van der Waals surface area contributed by atoms with E-state index in [2.05, 4.69) is 36.1 Å². The molecule has 38 heavy (non-hydrogen) atoms. The predicted molar refractivity (Wildman–Crippen MR) is 153 cm³/mol. The Hall–Kier alpha value is -4.95. The van der Waals surface area contributed by atoms with Gasteiger partial charge in [0.1, 0.15) is 12.4 Å². The van der Waals surface area contributed by atoms with Crippen molar-refractivity contribution in [2.45, 2.75) is 6.61 Å². The fourth-order valence-corrected chi connectivity index (χ4v) is 3.65. The van der Waals surface area contributed by atoms with Crippen molar-refractivity contribution in [3.8, 4) is 5.75 Å². The average molecular weight is 522 g/mol. The Morgan fingerprint density at radius 3 is 1.95 bits per heavy atom. The van der Waals surface area contributed by atoms with Crippen LogP contribution in [0.25, 0.3) is 0 Å². The normalized spacial score (nSPS) is 10.8. The molecule has 4 aromatic carbocycles. The number of hydrazone groups is 1. The molecule has 0 saturated carbocycles. The number of hydrogen-bond donors (Lipinski definition) is 3. The topological polar surface area (TPSA) is 96.4 Å². The van der Waals surface area contributed by atoms with Gasteiger partial charge in [-0.2, -0.15) is 20.1 Å². The maximum Gasteiger partial charge on any atom is 0.250 e. The van der Waals surface area contributed by atoms with E-state index < -0.39 is 0 Å². The van der Waals surface area contributed by atoms with E-state index >= 15 is 0 Å². The maximum absolute atomic E-state index is 6.23. The smallest absolute Gasteiger partial charge is 0.250 e. The largest absolute Gasteiger partial charge is 0.489 e. The number of halogens is 1. The molecule has 0 fully saturated rings. The molecule has 0 radical (unpaired) electrons.